The highest BCUT2D eigenvalue weighted by Crippen LogP contribution is 2.25. The van der Waals surface area contributed by atoms with Crippen LogP contribution in [0.3, 0.4) is 0 Å². The van der Waals surface area contributed by atoms with Gasteiger partial charge in [0.05, 0.1) is 16.7 Å². The zero-order valence-corrected chi connectivity index (χ0v) is 27.2. The number of allylic oxidation sites excluding steroid dienone is 2. The number of anilines is 1. The monoisotopic (exact) mass is 529 g/mol. The maximum atomic E-state index is 5.76. The van der Waals surface area contributed by atoms with Crippen molar-refractivity contribution < 1.29 is 0 Å². The van der Waals surface area contributed by atoms with Gasteiger partial charge in [-0.3, -0.25) is 4.99 Å². The standard InChI is InChI=1S/C14H11N3.C14H20.4C2H6/c1-16-12-5-3-10-6-9-2-4-11(15)7-13(9)17-14(10)8-12;1-6-13-7-11(4)8-14(9-13)12(5)10(2)3;4*1-2/h2-8H,1,15H2;7-9H,6H2,1-5H3;4*1-2H3. The minimum atomic E-state index is 0.724. The molecule has 0 aliphatic carbocycles. The van der Waals surface area contributed by atoms with E-state index in [4.69, 9.17) is 5.73 Å². The summed E-state index contributed by atoms with van der Waals surface area (Å²) < 4.78 is 0. The van der Waals surface area contributed by atoms with E-state index in [0.717, 1.165) is 39.6 Å². The smallest absolute Gasteiger partial charge is 0.0731 e. The normalized spacial score (nSPS) is 8.95. The van der Waals surface area contributed by atoms with E-state index in [1.807, 2.05) is 91.8 Å². The van der Waals surface area contributed by atoms with E-state index in [9.17, 15) is 0 Å². The number of hydrogen-bond acceptors (Lipinski definition) is 3. The molecule has 0 fully saturated rings. The average Bonchev–Trinajstić information content (AvgIpc) is 2.99. The third-order valence-corrected chi connectivity index (χ3v) is 5.53. The Bertz CT molecular complexity index is 1280. The molecule has 0 unspecified atom stereocenters. The lowest BCUT2D eigenvalue weighted by Crippen LogP contribution is -1.88. The molecule has 0 atom stereocenters. The molecule has 0 amide bonds. The van der Waals surface area contributed by atoms with Gasteiger partial charge in [-0.25, -0.2) is 4.98 Å². The second-order valence-electron chi connectivity index (χ2n) is 8.16. The number of benzene rings is 3. The summed E-state index contributed by atoms with van der Waals surface area (Å²) in [7, 11) is 0. The maximum Gasteiger partial charge on any atom is 0.0731 e. The van der Waals surface area contributed by atoms with Gasteiger partial charge in [-0.1, -0.05) is 104 Å². The molecule has 3 heteroatoms. The fourth-order valence-corrected chi connectivity index (χ4v) is 3.50. The summed E-state index contributed by atoms with van der Waals surface area (Å²) in [6, 6.07) is 20.5. The van der Waals surface area contributed by atoms with Gasteiger partial charge < -0.3 is 5.73 Å². The molecule has 0 bridgehead atoms. The fourth-order valence-electron chi connectivity index (χ4n) is 3.50. The van der Waals surface area contributed by atoms with Gasteiger partial charge in [0.1, 0.15) is 0 Å². The number of aryl methyl sites for hydroxylation is 2. The van der Waals surface area contributed by atoms with Crippen molar-refractivity contribution in [1.29, 1.82) is 0 Å². The van der Waals surface area contributed by atoms with Gasteiger partial charge in [0.15, 0.2) is 0 Å². The van der Waals surface area contributed by atoms with Gasteiger partial charge in [0, 0.05) is 16.5 Å². The van der Waals surface area contributed by atoms with Crippen molar-refractivity contribution in [3.05, 3.63) is 82.9 Å². The Morgan fingerprint density at radius 3 is 1.79 bits per heavy atom. The topological polar surface area (TPSA) is 51.3 Å². The van der Waals surface area contributed by atoms with Crippen molar-refractivity contribution in [2.75, 3.05) is 5.73 Å². The summed E-state index contributed by atoms with van der Waals surface area (Å²) in [5.74, 6) is 0. The minimum Gasteiger partial charge on any atom is -0.399 e. The first-order chi connectivity index (χ1) is 18.8. The van der Waals surface area contributed by atoms with Gasteiger partial charge in [0.25, 0.3) is 0 Å². The van der Waals surface area contributed by atoms with E-state index in [1.165, 1.54) is 27.8 Å². The molecule has 0 aliphatic rings. The molecule has 4 aromatic rings. The molecule has 2 N–H and O–H groups in total. The van der Waals surface area contributed by atoms with Crippen LogP contribution in [0.25, 0.3) is 27.4 Å². The van der Waals surface area contributed by atoms with Crippen LogP contribution >= 0.6 is 0 Å². The lowest BCUT2D eigenvalue weighted by atomic mass is 9.98. The largest absolute Gasteiger partial charge is 0.399 e. The van der Waals surface area contributed by atoms with Gasteiger partial charge in [0.2, 0.25) is 0 Å². The van der Waals surface area contributed by atoms with Crippen LogP contribution in [0, 0.1) is 6.92 Å². The zero-order valence-electron chi connectivity index (χ0n) is 27.2. The first kappa shape index (κ1) is 37.7. The molecule has 0 aliphatic heterocycles. The van der Waals surface area contributed by atoms with Crippen LogP contribution in [0.4, 0.5) is 11.4 Å². The highest BCUT2D eigenvalue weighted by atomic mass is 14.7. The van der Waals surface area contributed by atoms with E-state index < -0.39 is 0 Å². The van der Waals surface area contributed by atoms with Crippen LogP contribution in [0.1, 0.15) is 99.8 Å². The summed E-state index contributed by atoms with van der Waals surface area (Å²) in [5, 5.41) is 2.18. The number of nitrogen functional groups attached to an aromatic ring is 1. The number of hydrogen-bond donors (Lipinski definition) is 1. The van der Waals surface area contributed by atoms with Gasteiger partial charge in [-0.05, 0) is 87.9 Å². The molecule has 0 saturated heterocycles. The minimum absolute atomic E-state index is 0.724. The molecule has 3 aromatic carbocycles. The Kier molecular flexibility index (Phi) is 20.8. The highest BCUT2D eigenvalue weighted by molar-refractivity contribution is 5.94. The first-order valence-corrected chi connectivity index (χ1v) is 14.6. The molecule has 39 heavy (non-hydrogen) atoms. The second-order valence-corrected chi connectivity index (χ2v) is 8.16. The number of rotatable bonds is 3. The maximum absolute atomic E-state index is 5.76. The third-order valence-electron chi connectivity index (χ3n) is 5.53. The number of aromatic nitrogens is 1. The van der Waals surface area contributed by atoms with Crippen LogP contribution in [0.2, 0.25) is 0 Å². The van der Waals surface area contributed by atoms with Crippen molar-refractivity contribution in [3.63, 3.8) is 0 Å². The quantitative estimate of drug-likeness (QED) is 0.163. The van der Waals surface area contributed by atoms with E-state index in [2.05, 4.69) is 75.6 Å². The van der Waals surface area contributed by atoms with Crippen LogP contribution in [-0.2, 0) is 6.42 Å². The summed E-state index contributed by atoms with van der Waals surface area (Å²) in [6.07, 6.45) is 1.12. The van der Waals surface area contributed by atoms with E-state index in [-0.39, 0.29) is 0 Å². The lowest BCUT2D eigenvalue weighted by molar-refractivity contribution is 1.13. The second kappa shape index (κ2) is 21.5. The molecule has 1 heterocycles. The van der Waals surface area contributed by atoms with Crippen molar-refractivity contribution >= 4 is 45.5 Å². The molecule has 0 saturated carbocycles. The molecule has 214 valence electrons. The zero-order chi connectivity index (χ0) is 30.5. The molecule has 1 aromatic heterocycles. The summed E-state index contributed by atoms with van der Waals surface area (Å²) in [5.41, 5.74) is 16.1. The molecule has 4 rings (SSSR count). The van der Waals surface area contributed by atoms with Gasteiger partial charge in [-0.15, -0.1) is 0 Å². The summed E-state index contributed by atoms with van der Waals surface area (Å²) in [4.78, 5) is 8.48. The molecule has 0 spiro atoms. The fraction of sp³-hybridized carbons (Fsp3) is 0.389. The Morgan fingerprint density at radius 2 is 1.28 bits per heavy atom. The molecule has 3 nitrogen and oxygen atoms in total. The number of pyridine rings is 1. The highest BCUT2D eigenvalue weighted by Gasteiger charge is 2.02. The van der Waals surface area contributed by atoms with Crippen LogP contribution < -0.4 is 5.73 Å². The Hall–Kier alpha value is -3.46. The van der Waals surface area contributed by atoms with Crippen LogP contribution in [0.15, 0.2) is 71.2 Å². The first-order valence-electron chi connectivity index (χ1n) is 14.6. The summed E-state index contributed by atoms with van der Waals surface area (Å²) >= 11 is 0. The van der Waals surface area contributed by atoms with Crippen LogP contribution in [-0.4, -0.2) is 11.7 Å². The van der Waals surface area contributed by atoms with Gasteiger partial charge >= 0.3 is 0 Å². The van der Waals surface area contributed by atoms with Crippen molar-refractivity contribution in [3.8, 4) is 0 Å². The molecular formula is C36H55N3. The number of fused-ring (bicyclic) bond motifs is 2. The predicted octanol–water partition coefficient (Wildman–Crippen LogP) is 11.8. The lowest BCUT2D eigenvalue weighted by Gasteiger charge is -2.08. The van der Waals surface area contributed by atoms with E-state index in [1.54, 1.807) is 0 Å². The van der Waals surface area contributed by atoms with Crippen LogP contribution in [0.5, 0.6) is 0 Å². The van der Waals surface area contributed by atoms with E-state index in [0.29, 0.717) is 0 Å². The van der Waals surface area contributed by atoms with Gasteiger partial charge in [-0.2, -0.15) is 0 Å². The Labute approximate surface area is 240 Å². The van der Waals surface area contributed by atoms with Crippen molar-refractivity contribution in [1.82, 2.24) is 4.98 Å². The number of aliphatic imine (C=N–C) groups is 1. The third kappa shape index (κ3) is 12.3. The summed E-state index contributed by atoms with van der Waals surface area (Å²) in [6.45, 7) is 30.4. The number of nitrogens with zero attached hydrogens (tertiary/aromatic N) is 2. The average molecular weight is 530 g/mol. The Morgan fingerprint density at radius 1 is 0.744 bits per heavy atom. The molecular weight excluding hydrogens is 474 g/mol. The predicted molar refractivity (Wildman–Crippen MR) is 183 cm³/mol. The molecule has 0 radical (unpaired) electrons. The van der Waals surface area contributed by atoms with Crippen molar-refractivity contribution in [2.24, 2.45) is 4.99 Å². The number of nitrogens with two attached hydrogens (primary N) is 1. The SMILES string of the molecule is C=Nc1ccc2cc3ccc(N)cc3nc2c1.CC.CC.CC.CC.CCc1cc(C)cc(C(C)=C(C)C)c1. The van der Waals surface area contributed by atoms with E-state index >= 15 is 0 Å². The van der Waals surface area contributed by atoms with Crippen molar-refractivity contribution in [2.45, 2.75) is 96.4 Å². The Balaban J connectivity index is 0.